The average Bonchev–Trinajstić information content (AvgIpc) is 2.26. The summed E-state index contributed by atoms with van der Waals surface area (Å²) in [4.78, 5) is 23.1. The van der Waals surface area contributed by atoms with Gasteiger partial charge in [0.15, 0.2) is 0 Å². The summed E-state index contributed by atoms with van der Waals surface area (Å²) in [6.07, 6.45) is 1.18. The Labute approximate surface area is 122 Å². The highest BCUT2D eigenvalue weighted by molar-refractivity contribution is 5.85. The maximum atomic E-state index is 11.7. The molecular weight excluding hydrogens is 266 g/mol. The Morgan fingerprint density at radius 3 is 2.21 bits per heavy atom. The molecule has 0 heterocycles. The van der Waals surface area contributed by atoms with Crippen LogP contribution in [0.15, 0.2) is 0 Å². The van der Waals surface area contributed by atoms with Crippen LogP contribution in [0.3, 0.4) is 0 Å². The average molecular weight is 294 g/mol. The highest BCUT2D eigenvalue weighted by atomic mass is 35.5. The Morgan fingerprint density at radius 1 is 1.26 bits per heavy atom. The molecule has 0 aromatic heterocycles. The van der Waals surface area contributed by atoms with E-state index in [0.717, 1.165) is 6.42 Å². The number of rotatable bonds is 6. The van der Waals surface area contributed by atoms with E-state index in [9.17, 15) is 9.59 Å². The van der Waals surface area contributed by atoms with Crippen LogP contribution in [0, 0.1) is 5.41 Å². The number of carbonyl (C=O) groups is 2. The van der Waals surface area contributed by atoms with Crippen molar-refractivity contribution in [1.82, 2.24) is 10.6 Å². The van der Waals surface area contributed by atoms with Gasteiger partial charge in [0, 0.05) is 19.0 Å². The maximum absolute atomic E-state index is 11.7. The van der Waals surface area contributed by atoms with Gasteiger partial charge in [-0.25, -0.2) is 0 Å². The third-order valence-corrected chi connectivity index (χ3v) is 2.89. The molecule has 0 aromatic carbocycles. The number of nitrogens with one attached hydrogen (secondary N) is 2. The van der Waals surface area contributed by atoms with E-state index < -0.39 is 6.04 Å². The lowest BCUT2D eigenvalue weighted by Crippen LogP contribution is -2.49. The number of carbonyl (C=O) groups excluding carboxylic acids is 2. The van der Waals surface area contributed by atoms with Crippen LogP contribution in [0.5, 0.6) is 0 Å². The fourth-order valence-electron chi connectivity index (χ4n) is 1.25. The topological polar surface area (TPSA) is 84.2 Å². The van der Waals surface area contributed by atoms with Gasteiger partial charge >= 0.3 is 0 Å². The number of amides is 2. The number of hydrogen-bond donors (Lipinski definition) is 3. The molecule has 0 saturated heterocycles. The lowest BCUT2D eigenvalue weighted by Gasteiger charge is -2.25. The highest BCUT2D eigenvalue weighted by Gasteiger charge is 2.27. The summed E-state index contributed by atoms with van der Waals surface area (Å²) in [5.74, 6) is -0.257. The molecule has 0 fully saturated rings. The monoisotopic (exact) mass is 293 g/mol. The molecule has 4 N–H and O–H groups in total. The molecule has 0 aromatic rings. The largest absolute Gasteiger partial charge is 0.354 e. The zero-order valence-electron chi connectivity index (χ0n) is 12.6. The second-order valence-corrected chi connectivity index (χ2v) is 5.76. The number of hydrogen-bond acceptors (Lipinski definition) is 3. The van der Waals surface area contributed by atoms with Gasteiger partial charge in [0.1, 0.15) is 0 Å². The lowest BCUT2D eigenvalue weighted by molar-refractivity contribution is -0.125. The van der Waals surface area contributed by atoms with Crippen LogP contribution >= 0.6 is 12.4 Å². The van der Waals surface area contributed by atoms with Crippen LogP contribution in [-0.2, 0) is 9.59 Å². The van der Waals surface area contributed by atoms with Crippen LogP contribution < -0.4 is 16.4 Å². The van der Waals surface area contributed by atoms with Crippen molar-refractivity contribution in [3.8, 4) is 0 Å². The molecule has 5 nitrogen and oxygen atoms in total. The van der Waals surface area contributed by atoms with Gasteiger partial charge in [-0.2, -0.15) is 0 Å². The minimum Gasteiger partial charge on any atom is -0.354 e. The molecule has 0 bridgehead atoms. The summed E-state index contributed by atoms with van der Waals surface area (Å²) < 4.78 is 0. The molecule has 114 valence electrons. The van der Waals surface area contributed by atoms with Crippen molar-refractivity contribution >= 4 is 24.2 Å². The first-order valence-corrected chi connectivity index (χ1v) is 6.51. The lowest BCUT2D eigenvalue weighted by atomic mass is 9.87. The van der Waals surface area contributed by atoms with Gasteiger partial charge in [-0.05, 0) is 18.8 Å². The van der Waals surface area contributed by atoms with Crippen molar-refractivity contribution in [1.29, 1.82) is 0 Å². The minimum absolute atomic E-state index is 0. The van der Waals surface area contributed by atoms with Crippen LogP contribution in [0.4, 0.5) is 0 Å². The van der Waals surface area contributed by atoms with Crippen molar-refractivity contribution < 1.29 is 9.59 Å². The van der Waals surface area contributed by atoms with Gasteiger partial charge in [0.05, 0.1) is 6.04 Å². The van der Waals surface area contributed by atoms with Gasteiger partial charge in [-0.1, -0.05) is 27.7 Å². The van der Waals surface area contributed by atoms with Crippen molar-refractivity contribution in [2.45, 2.75) is 59.5 Å². The van der Waals surface area contributed by atoms with E-state index in [0.29, 0.717) is 6.54 Å². The first kappa shape index (κ1) is 20.5. The van der Waals surface area contributed by atoms with Crippen LogP contribution in [0.1, 0.15) is 47.5 Å². The van der Waals surface area contributed by atoms with Crippen molar-refractivity contribution in [3.63, 3.8) is 0 Å². The summed E-state index contributed by atoms with van der Waals surface area (Å²) in [6, 6.07) is -0.389. The third-order valence-electron chi connectivity index (χ3n) is 2.89. The number of nitrogens with two attached hydrogens (primary N) is 1. The van der Waals surface area contributed by atoms with E-state index in [1.807, 2.05) is 34.6 Å². The fraction of sp³-hybridized carbons (Fsp3) is 0.846. The molecule has 0 spiro atoms. The second kappa shape index (κ2) is 9.15. The van der Waals surface area contributed by atoms with Gasteiger partial charge in [-0.15, -0.1) is 12.4 Å². The van der Waals surface area contributed by atoms with Gasteiger partial charge in [0.25, 0.3) is 0 Å². The molecular formula is C13H28ClN3O2. The van der Waals surface area contributed by atoms with Crippen molar-refractivity contribution in [2.75, 3.05) is 6.54 Å². The molecule has 0 aliphatic heterocycles. The molecule has 6 heteroatoms. The fourth-order valence-corrected chi connectivity index (χ4v) is 1.25. The zero-order valence-corrected chi connectivity index (χ0v) is 13.4. The SMILES string of the molecule is CCC(C)NC(=O)CCNC(=O)[C@@H](N)C(C)(C)C.Cl. The van der Waals surface area contributed by atoms with Gasteiger partial charge in [0.2, 0.25) is 11.8 Å². The molecule has 0 rings (SSSR count). The second-order valence-electron chi connectivity index (χ2n) is 5.76. The molecule has 1 unspecified atom stereocenters. The van der Waals surface area contributed by atoms with E-state index >= 15 is 0 Å². The summed E-state index contributed by atoms with van der Waals surface area (Å²) in [7, 11) is 0. The summed E-state index contributed by atoms with van der Waals surface area (Å²) >= 11 is 0. The number of halogens is 1. The van der Waals surface area contributed by atoms with Crippen LogP contribution in [-0.4, -0.2) is 30.4 Å². The summed E-state index contributed by atoms with van der Waals surface area (Å²) in [5, 5.41) is 5.53. The Hall–Kier alpha value is -0.810. The van der Waals surface area contributed by atoms with Crippen molar-refractivity contribution in [2.24, 2.45) is 11.1 Å². The first-order valence-electron chi connectivity index (χ1n) is 6.51. The third kappa shape index (κ3) is 8.83. The maximum Gasteiger partial charge on any atom is 0.237 e. The first-order chi connectivity index (χ1) is 8.18. The van der Waals surface area contributed by atoms with Crippen LogP contribution in [0.2, 0.25) is 0 Å². The van der Waals surface area contributed by atoms with Crippen molar-refractivity contribution in [3.05, 3.63) is 0 Å². The van der Waals surface area contributed by atoms with Gasteiger partial charge in [-0.3, -0.25) is 9.59 Å². The zero-order chi connectivity index (χ0) is 14.3. The predicted molar refractivity (Wildman–Crippen MR) is 80.2 cm³/mol. The van der Waals surface area contributed by atoms with E-state index in [1.54, 1.807) is 0 Å². The molecule has 19 heavy (non-hydrogen) atoms. The summed E-state index contributed by atoms with van der Waals surface area (Å²) in [5.41, 5.74) is 5.53. The Balaban J connectivity index is 0. The van der Waals surface area contributed by atoms with Gasteiger partial charge < -0.3 is 16.4 Å². The highest BCUT2D eigenvalue weighted by Crippen LogP contribution is 2.16. The molecule has 2 amide bonds. The smallest absolute Gasteiger partial charge is 0.237 e. The summed E-state index contributed by atoms with van der Waals surface area (Å²) in [6.45, 7) is 10.0. The standard InChI is InChI=1S/C13H27N3O2.ClH/c1-6-9(2)16-10(17)7-8-15-12(18)11(14)13(3,4)5;/h9,11H,6-8,14H2,1-5H3,(H,15,18)(H,16,17);1H/t9?,11-;/m1./s1. The Kier molecular flexibility index (Phi) is 9.88. The van der Waals surface area contributed by atoms with E-state index in [1.165, 1.54) is 0 Å². The molecule has 0 saturated carbocycles. The molecule has 0 aliphatic carbocycles. The minimum atomic E-state index is -0.560. The predicted octanol–water partition coefficient (Wildman–Crippen LogP) is 1.20. The normalized spacial score (nSPS) is 14.0. The molecule has 2 atom stereocenters. The van der Waals surface area contributed by atoms with E-state index in [-0.39, 0.29) is 42.1 Å². The van der Waals surface area contributed by atoms with Crippen LogP contribution in [0.25, 0.3) is 0 Å². The van der Waals surface area contributed by atoms with E-state index in [2.05, 4.69) is 10.6 Å². The Bertz CT molecular complexity index is 290. The Morgan fingerprint density at radius 2 is 1.79 bits per heavy atom. The molecule has 0 aliphatic rings. The quantitative estimate of drug-likeness (QED) is 0.688. The van der Waals surface area contributed by atoms with E-state index in [4.69, 9.17) is 5.73 Å². The molecule has 0 radical (unpaired) electrons.